The molecule has 3 aliphatic rings. The monoisotopic (exact) mass is 446 g/mol. The lowest BCUT2D eigenvalue weighted by atomic mass is 9.85. The van der Waals surface area contributed by atoms with E-state index in [1.54, 1.807) is 0 Å². The number of hydrogen-bond acceptors (Lipinski definition) is 4. The number of amides is 2. The lowest BCUT2D eigenvalue weighted by Gasteiger charge is -2.27. The molecule has 0 spiro atoms. The van der Waals surface area contributed by atoms with Gasteiger partial charge in [-0.25, -0.2) is 9.29 Å². The number of anilines is 1. The van der Waals surface area contributed by atoms with Crippen molar-refractivity contribution in [2.24, 2.45) is 11.8 Å². The van der Waals surface area contributed by atoms with Gasteiger partial charge in [0.25, 0.3) is 0 Å². The average molecular weight is 446 g/mol. The second kappa shape index (κ2) is 7.23. The molecule has 0 unspecified atom stereocenters. The van der Waals surface area contributed by atoms with Gasteiger partial charge in [-0.3, -0.25) is 19.3 Å². The van der Waals surface area contributed by atoms with Crippen LogP contribution in [0.15, 0.2) is 48.5 Å². The van der Waals surface area contributed by atoms with Crippen LogP contribution in [0, 0.1) is 17.7 Å². The second-order valence-electron chi connectivity index (χ2n) is 8.37. The number of carbonyl (C=O) groups is 3. The Morgan fingerprint density at radius 2 is 1.66 bits per heavy atom. The minimum atomic E-state index is -4.62. The summed E-state index contributed by atoms with van der Waals surface area (Å²) in [6.07, 6.45) is -3.27. The molecule has 2 aromatic rings. The molecule has 0 radical (unpaired) electrons. The first-order chi connectivity index (χ1) is 15.2. The van der Waals surface area contributed by atoms with E-state index in [4.69, 9.17) is 0 Å². The molecule has 3 aliphatic heterocycles. The van der Waals surface area contributed by atoms with Gasteiger partial charge in [0.15, 0.2) is 5.78 Å². The van der Waals surface area contributed by atoms with E-state index in [0.717, 1.165) is 41.7 Å². The van der Waals surface area contributed by atoms with Crippen LogP contribution in [0.25, 0.3) is 0 Å². The summed E-state index contributed by atoms with van der Waals surface area (Å²) in [6, 6.07) is 7.81. The number of rotatable bonds is 3. The molecule has 2 amide bonds. The molecule has 3 heterocycles. The fraction of sp³-hybridized carbons (Fsp3) is 0.348. The van der Waals surface area contributed by atoms with Crippen LogP contribution in [-0.4, -0.2) is 41.1 Å². The van der Waals surface area contributed by atoms with Crippen molar-refractivity contribution in [2.75, 3.05) is 11.4 Å². The largest absolute Gasteiger partial charge is 0.416 e. The summed E-state index contributed by atoms with van der Waals surface area (Å²) in [7, 11) is 0. The highest BCUT2D eigenvalue weighted by Gasteiger charge is 2.64. The van der Waals surface area contributed by atoms with Crippen LogP contribution in [0.5, 0.6) is 0 Å². The van der Waals surface area contributed by atoms with Crippen molar-refractivity contribution in [3.05, 3.63) is 65.5 Å². The van der Waals surface area contributed by atoms with E-state index >= 15 is 0 Å². The maximum absolute atomic E-state index is 13.4. The molecule has 5 rings (SSSR count). The number of ketones is 1. The maximum Gasteiger partial charge on any atom is 0.416 e. The van der Waals surface area contributed by atoms with Crippen LogP contribution in [0.1, 0.15) is 28.8 Å². The molecule has 2 aromatic carbocycles. The van der Waals surface area contributed by atoms with Crippen molar-refractivity contribution in [1.29, 1.82) is 0 Å². The number of alkyl halides is 3. The Kier molecular flexibility index (Phi) is 4.70. The Morgan fingerprint density at radius 1 is 0.969 bits per heavy atom. The predicted molar refractivity (Wildman–Crippen MR) is 105 cm³/mol. The fourth-order valence-corrected chi connectivity index (χ4v) is 5.38. The molecule has 3 fully saturated rings. The molecule has 3 saturated heterocycles. The van der Waals surface area contributed by atoms with Crippen molar-refractivity contribution in [3.63, 3.8) is 0 Å². The normalized spacial score (nSPS) is 27.7. The quantitative estimate of drug-likeness (QED) is 0.410. The first kappa shape index (κ1) is 20.8. The van der Waals surface area contributed by atoms with Gasteiger partial charge in [-0.2, -0.15) is 13.2 Å². The standard InChI is InChI=1S/C23H18F4N2O3/c24-14-8-6-12(7-9-14)20(30)19-18-17(16-5-2-10-28(16)19)21(31)29(22(18)32)15-4-1-3-13(11-15)23(25,26)27/h1,3-4,6-9,11,16-19H,2,5,10H2/t16-,17+,18-,19+/m1/s1. The molecule has 4 atom stereocenters. The summed E-state index contributed by atoms with van der Waals surface area (Å²) in [5.41, 5.74) is -0.892. The van der Waals surface area contributed by atoms with E-state index in [1.165, 1.54) is 18.2 Å². The molecular weight excluding hydrogens is 428 g/mol. The summed E-state index contributed by atoms with van der Waals surface area (Å²) in [6.45, 7) is 0.541. The SMILES string of the molecule is O=C(c1ccc(F)cc1)[C@@H]1[C@@H]2C(=O)N(c3cccc(C(F)(F)F)c3)C(=O)[C@H]2[C@H]2CCCN21. The van der Waals surface area contributed by atoms with Crippen LogP contribution in [0.3, 0.4) is 0 Å². The first-order valence-corrected chi connectivity index (χ1v) is 10.3. The summed E-state index contributed by atoms with van der Waals surface area (Å²) < 4.78 is 52.8. The Morgan fingerprint density at radius 3 is 2.34 bits per heavy atom. The number of nitrogens with zero attached hydrogens (tertiary/aromatic N) is 2. The highest BCUT2D eigenvalue weighted by molar-refractivity contribution is 6.24. The molecule has 0 bridgehead atoms. The summed E-state index contributed by atoms with van der Waals surface area (Å²) in [5.74, 6) is -3.93. The highest BCUT2D eigenvalue weighted by Crippen LogP contribution is 2.48. The smallest absolute Gasteiger partial charge is 0.292 e. The van der Waals surface area contributed by atoms with Gasteiger partial charge in [-0.1, -0.05) is 6.07 Å². The van der Waals surface area contributed by atoms with Gasteiger partial charge in [0, 0.05) is 11.6 Å². The van der Waals surface area contributed by atoms with Crippen molar-refractivity contribution in [3.8, 4) is 0 Å². The number of Topliss-reactive ketones (excluding diaryl/α,β-unsaturated/α-hetero) is 1. The minimum Gasteiger partial charge on any atom is -0.292 e. The topological polar surface area (TPSA) is 57.7 Å². The van der Waals surface area contributed by atoms with Crippen LogP contribution in [-0.2, 0) is 15.8 Å². The van der Waals surface area contributed by atoms with Crippen molar-refractivity contribution in [2.45, 2.75) is 31.1 Å². The van der Waals surface area contributed by atoms with Gasteiger partial charge >= 0.3 is 6.18 Å². The lowest BCUT2D eigenvalue weighted by molar-refractivity contribution is -0.137. The lowest BCUT2D eigenvalue weighted by Crippen LogP contribution is -2.46. The zero-order valence-corrected chi connectivity index (χ0v) is 16.7. The molecule has 5 nitrogen and oxygen atoms in total. The van der Waals surface area contributed by atoms with Gasteiger partial charge in [0.1, 0.15) is 5.82 Å². The number of carbonyl (C=O) groups excluding carboxylic acids is 3. The van der Waals surface area contributed by atoms with Gasteiger partial charge in [0.2, 0.25) is 11.8 Å². The summed E-state index contributed by atoms with van der Waals surface area (Å²) >= 11 is 0. The molecule has 0 N–H and O–H groups in total. The number of fused-ring (bicyclic) bond motifs is 3. The second-order valence-corrected chi connectivity index (χ2v) is 8.37. The number of benzene rings is 2. The van der Waals surface area contributed by atoms with Crippen LogP contribution in [0.4, 0.5) is 23.2 Å². The highest BCUT2D eigenvalue weighted by atomic mass is 19.4. The van der Waals surface area contributed by atoms with E-state index in [1.807, 2.05) is 4.90 Å². The van der Waals surface area contributed by atoms with Gasteiger partial charge in [-0.15, -0.1) is 0 Å². The van der Waals surface area contributed by atoms with Gasteiger partial charge < -0.3 is 0 Å². The predicted octanol–water partition coefficient (Wildman–Crippen LogP) is 3.68. The van der Waals surface area contributed by atoms with E-state index in [9.17, 15) is 31.9 Å². The molecule has 0 saturated carbocycles. The number of hydrogen-bond donors (Lipinski definition) is 0. The Balaban J connectivity index is 1.54. The zero-order chi connectivity index (χ0) is 22.8. The minimum absolute atomic E-state index is 0.151. The molecule has 0 aliphatic carbocycles. The Bertz CT molecular complexity index is 1110. The molecule has 166 valence electrons. The number of imide groups is 1. The molecule has 9 heteroatoms. The van der Waals surface area contributed by atoms with Crippen LogP contribution >= 0.6 is 0 Å². The van der Waals surface area contributed by atoms with E-state index in [0.29, 0.717) is 13.0 Å². The van der Waals surface area contributed by atoms with Crippen LogP contribution in [0.2, 0.25) is 0 Å². The third-order valence-corrected chi connectivity index (χ3v) is 6.68. The Labute approximate surface area is 180 Å². The van der Waals surface area contributed by atoms with E-state index < -0.39 is 53.0 Å². The maximum atomic E-state index is 13.4. The average Bonchev–Trinajstić information content (AvgIpc) is 3.39. The van der Waals surface area contributed by atoms with Crippen molar-refractivity contribution in [1.82, 2.24) is 4.90 Å². The van der Waals surface area contributed by atoms with Crippen LogP contribution < -0.4 is 4.90 Å². The van der Waals surface area contributed by atoms with Gasteiger partial charge in [-0.05, 0) is 61.9 Å². The zero-order valence-electron chi connectivity index (χ0n) is 16.7. The molecule has 0 aromatic heterocycles. The summed E-state index contributed by atoms with van der Waals surface area (Å²) in [5, 5.41) is 0. The number of halogens is 4. The van der Waals surface area contributed by atoms with Crippen molar-refractivity contribution < 1.29 is 31.9 Å². The fourth-order valence-electron chi connectivity index (χ4n) is 5.38. The van der Waals surface area contributed by atoms with Crippen molar-refractivity contribution >= 4 is 23.3 Å². The van der Waals surface area contributed by atoms with Gasteiger partial charge in [0.05, 0.1) is 29.1 Å². The van der Waals surface area contributed by atoms with E-state index in [2.05, 4.69) is 0 Å². The van der Waals surface area contributed by atoms with E-state index in [-0.39, 0.29) is 17.3 Å². The Hall–Kier alpha value is -3.07. The third kappa shape index (κ3) is 3.06. The molecular formula is C23H18F4N2O3. The summed E-state index contributed by atoms with van der Waals surface area (Å²) in [4.78, 5) is 42.7. The first-order valence-electron chi connectivity index (χ1n) is 10.3. The third-order valence-electron chi connectivity index (χ3n) is 6.68. The molecule has 32 heavy (non-hydrogen) atoms.